The van der Waals surface area contributed by atoms with Gasteiger partial charge in [-0.25, -0.2) is 0 Å². The van der Waals surface area contributed by atoms with Crippen LogP contribution in [-0.4, -0.2) is 25.1 Å². The van der Waals surface area contributed by atoms with E-state index in [0.29, 0.717) is 12.0 Å². The molecule has 5 rings (SSSR count). The van der Waals surface area contributed by atoms with Crippen molar-refractivity contribution in [1.82, 2.24) is 0 Å². The van der Waals surface area contributed by atoms with Crippen molar-refractivity contribution >= 4 is 27.3 Å². The summed E-state index contributed by atoms with van der Waals surface area (Å²) in [4.78, 5) is 13.6. The predicted octanol–water partition coefficient (Wildman–Crippen LogP) is 5.36. The molecule has 0 unspecified atom stereocenters. The van der Waals surface area contributed by atoms with E-state index in [1.807, 2.05) is 24.3 Å². The number of fused-ring (bicyclic) bond motifs is 3. The smallest absolute Gasteiger partial charge is 0.193 e. The normalized spacial score (nSPS) is 19.7. The fraction of sp³-hybridized carbons (Fsp3) is 0.360. The SMILES string of the molecule is CC1(C)C2=C(C(=O)c3cc(Br)c(OC4CCOCC4)cc31)c1ccc(C#N)cc1C2. The Morgan fingerprint density at radius 3 is 2.67 bits per heavy atom. The Morgan fingerprint density at radius 2 is 1.93 bits per heavy atom. The van der Waals surface area contributed by atoms with Crippen LogP contribution in [-0.2, 0) is 16.6 Å². The summed E-state index contributed by atoms with van der Waals surface area (Å²) in [6, 6.07) is 11.8. The van der Waals surface area contributed by atoms with Gasteiger partial charge in [0.25, 0.3) is 0 Å². The van der Waals surface area contributed by atoms with Crippen LogP contribution < -0.4 is 4.74 Å². The number of ether oxygens (including phenoxy) is 2. The molecule has 0 aromatic heterocycles. The van der Waals surface area contributed by atoms with Crippen LogP contribution in [0, 0.1) is 11.3 Å². The first-order valence-corrected chi connectivity index (χ1v) is 11.1. The average Bonchev–Trinajstić information content (AvgIpc) is 3.14. The van der Waals surface area contributed by atoms with Gasteiger partial charge in [0.05, 0.1) is 29.3 Å². The van der Waals surface area contributed by atoms with E-state index < -0.39 is 0 Å². The first kappa shape index (κ1) is 19.5. The van der Waals surface area contributed by atoms with Gasteiger partial charge in [-0.2, -0.15) is 5.26 Å². The van der Waals surface area contributed by atoms with Crippen molar-refractivity contribution in [2.45, 2.75) is 44.6 Å². The second kappa shape index (κ2) is 7.08. The van der Waals surface area contributed by atoms with E-state index in [1.54, 1.807) is 6.07 Å². The Balaban J connectivity index is 1.58. The zero-order valence-electron chi connectivity index (χ0n) is 17.0. The highest BCUT2D eigenvalue weighted by Gasteiger charge is 2.43. The molecule has 5 heteroatoms. The van der Waals surface area contributed by atoms with Crippen molar-refractivity contribution in [3.05, 3.63) is 68.2 Å². The van der Waals surface area contributed by atoms with E-state index in [-0.39, 0.29) is 17.3 Å². The van der Waals surface area contributed by atoms with Gasteiger partial charge in [-0.05, 0) is 68.9 Å². The maximum absolute atomic E-state index is 13.6. The maximum Gasteiger partial charge on any atom is 0.193 e. The first-order chi connectivity index (χ1) is 14.4. The molecule has 152 valence electrons. The molecule has 30 heavy (non-hydrogen) atoms. The van der Waals surface area contributed by atoms with Crippen molar-refractivity contribution in [3.63, 3.8) is 0 Å². The Labute approximate surface area is 184 Å². The van der Waals surface area contributed by atoms with Crippen LogP contribution in [0.25, 0.3) is 5.57 Å². The highest BCUT2D eigenvalue weighted by Crippen LogP contribution is 2.51. The fourth-order valence-electron chi connectivity index (χ4n) is 4.91. The van der Waals surface area contributed by atoms with Crippen LogP contribution in [0.15, 0.2) is 40.4 Å². The summed E-state index contributed by atoms with van der Waals surface area (Å²) in [7, 11) is 0. The number of benzene rings is 2. The molecular weight excluding hydrogens is 442 g/mol. The van der Waals surface area contributed by atoms with Gasteiger partial charge >= 0.3 is 0 Å². The van der Waals surface area contributed by atoms with Crippen molar-refractivity contribution in [3.8, 4) is 11.8 Å². The van der Waals surface area contributed by atoms with Gasteiger partial charge < -0.3 is 9.47 Å². The molecular formula is C25H22BrNO3. The highest BCUT2D eigenvalue weighted by molar-refractivity contribution is 9.10. The molecule has 0 amide bonds. The molecule has 1 aliphatic heterocycles. The lowest BCUT2D eigenvalue weighted by molar-refractivity contribution is 0.0252. The van der Waals surface area contributed by atoms with Gasteiger partial charge in [-0.3, -0.25) is 4.79 Å². The van der Waals surface area contributed by atoms with E-state index >= 15 is 0 Å². The molecule has 3 aliphatic rings. The topological polar surface area (TPSA) is 59.3 Å². The first-order valence-electron chi connectivity index (χ1n) is 10.3. The molecule has 2 aromatic carbocycles. The van der Waals surface area contributed by atoms with Crippen molar-refractivity contribution < 1.29 is 14.3 Å². The predicted molar refractivity (Wildman–Crippen MR) is 118 cm³/mol. The van der Waals surface area contributed by atoms with Crippen LogP contribution in [0.1, 0.15) is 59.3 Å². The Morgan fingerprint density at radius 1 is 1.17 bits per heavy atom. The highest BCUT2D eigenvalue weighted by atomic mass is 79.9. The molecule has 0 bridgehead atoms. The van der Waals surface area contributed by atoms with E-state index in [4.69, 9.17) is 9.47 Å². The second-order valence-corrected chi connectivity index (χ2v) is 9.58. The number of nitriles is 1. The summed E-state index contributed by atoms with van der Waals surface area (Å²) >= 11 is 3.63. The summed E-state index contributed by atoms with van der Waals surface area (Å²) in [5, 5.41) is 9.26. The molecule has 0 spiro atoms. The number of rotatable bonds is 2. The molecule has 1 fully saturated rings. The van der Waals surface area contributed by atoms with Crippen molar-refractivity contribution in [2.75, 3.05) is 13.2 Å². The Bertz CT molecular complexity index is 1150. The quantitative estimate of drug-likeness (QED) is 0.600. The third kappa shape index (κ3) is 2.93. The fourth-order valence-corrected chi connectivity index (χ4v) is 5.34. The zero-order chi connectivity index (χ0) is 21.0. The van der Waals surface area contributed by atoms with E-state index in [2.05, 4.69) is 35.8 Å². The molecule has 4 nitrogen and oxygen atoms in total. The van der Waals surface area contributed by atoms with Crippen LogP contribution >= 0.6 is 15.9 Å². The summed E-state index contributed by atoms with van der Waals surface area (Å²) in [6.07, 6.45) is 2.57. The Kier molecular flexibility index (Phi) is 4.61. The van der Waals surface area contributed by atoms with Crippen LogP contribution in [0.4, 0.5) is 0 Å². The zero-order valence-corrected chi connectivity index (χ0v) is 18.6. The molecule has 2 aromatic rings. The van der Waals surface area contributed by atoms with E-state index in [9.17, 15) is 10.1 Å². The average molecular weight is 464 g/mol. The molecule has 2 aliphatic carbocycles. The van der Waals surface area contributed by atoms with Gasteiger partial charge in [0.1, 0.15) is 11.9 Å². The third-order valence-electron chi connectivity index (χ3n) is 6.61. The largest absolute Gasteiger partial charge is 0.489 e. The number of Topliss-reactive ketones (excluding diaryl/α,β-unsaturated/α-hetero) is 1. The van der Waals surface area contributed by atoms with Crippen LogP contribution in [0.5, 0.6) is 5.75 Å². The monoisotopic (exact) mass is 463 g/mol. The number of carbonyl (C=O) groups excluding carboxylic acids is 1. The van der Waals surface area contributed by atoms with Gasteiger partial charge in [-0.15, -0.1) is 0 Å². The van der Waals surface area contributed by atoms with Gasteiger partial charge in [0.2, 0.25) is 0 Å². The van der Waals surface area contributed by atoms with Crippen molar-refractivity contribution in [1.29, 1.82) is 5.26 Å². The summed E-state index contributed by atoms with van der Waals surface area (Å²) < 4.78 is 12.5. The third-order valence-corrected chi connectivity index (χ3v) is 7.23. The molecule has 0 atom stereocenters. The number of hydrogen-bond acceptors (Lipinski definition) is 4. The van der Waals surface area contributed by atoms with E-state index in [0.717, 1.165) is 69.7 Å². The molecule has 0 radical (unpaired) electrons. The summed E-state index contributed by atoms with van der Waals surface area (Å²) in [5.74, 6) is 0.842. The summed E-state index contributed by atoms with van der Waals surface area (Å²) in [6.45, 7) is 5.79. The number of nitrogens with zero attached hydrogens (tertiary/aromatic N) is 1. The number of hydrogen-bond donors (Lipinski definition) is 0. The second-order valence-electron chi connectivity index (χ2n) is 8.73. The van der Waals surface area contributed by atoms with Crippen LogP contribution in [0.3, 0.4) is 0 Å². The Hall–Kier alpha value is -2.42. The lowest BCUT2D eigenvalue weighted by Gasteiger charge is -2.35. The molecule has 1 saturated heterocycles. The minimum absolute atomic E-state index is 0.0566. The lowest BCUT2D eigenvalue weighted by Crippen LogP contribution is -2.30. The number of carbonyl (C=O) groups is 1. The van der Waals surface area contributed by atoms with Crippen molar-refractivity contribution in [2.24, 2.45) is 0 Å². The van der Waals surface area contributed by atoms with Gasteiger partial charge in [0.15, 0.2) is 5.78 Å². The summed E-state index contributed by atoms with van der Waals surface area (Å²) in [5.41, 5.74) is 6.01. The lowest BCUT2D eigenvalue weighted by atomic mass is 9.68. The number of halogens is 1. The molecule has 0 N–H and O–H groups in total. The van der Waals surface area contributed by atoms with E-state index in [1.165, 1.54) is 0 Å². The number of ketones is 1. The molecule has 0 saturated carbocycles. The minimum atomic E-state index is -0.307. The van der Waals surface area contributed by atoms with Gasteiger partial charge in [-0.1, -0.05) is 19.9 Å². The molecule has 1 heterocycles. The van der Waals surface area contributed by atoms with Crippen LogP contribution in [0.2, 0.25) is 0 Å². The maximum atomic E-state index is 13.6. The number of allylic oxidation sites excluding steroid dienone is 2. The van der Waals surface area contributed by atoms with Gasteiger partial charge in [0, 0.05) is 29.4 Å². The standard InChI is InChI=1S/C25H22BrNO3/c1-25(2)19-12-22(30-16-5-7-29-8-6-16)21(26)11-18(19)24(28)23-17-4-3-14(13-27)9-15(17)10-20(23)25/h3-4,9,11-12,16H,5-8,10H2,1-2H3. The minimum Gasteiger partial charge on any atom is -0.489 e.